The van der Waals surface area contributed by atoms with E-state index in [-0.39, 0.29) is 23.5 Å². The van der Waals surface area contributed by atoms with Crippen molar-refractivity contribution >= 4 is 0 Å². The maximum Gasteiger partial charge on any atom is 0.347 e. The summed E-state index contributed by atoms with van der Waals surface area (Å²) in [5.41, 5.74) is -0.254. The lowest BCUT2D eigenvalue weighted by molar-refractivity contribution is 0.176. The molecule has 6 atom stereocenters. The van der Waals surface area contributed by atoms with Gasteiger partial charge in [-0.15, -0.1) is 0 Å². The van der Waals surface area contributed by atoms with Gasteiger partial charge in [0.2, 0.25) is 0 Å². The zero-order valence-electron chi connectivity index (χ0n) is 10.2. The summed E-state index contributed by atoms with van der Waals surface area (Å²) in [6, 6.07) is 0.530. The van der Waals surface area contributed by atoms with Crippen molar-refractivity contribution in [2.24, 2.45) is 30.7 Å². The fraction of sp³-hybridized carbons (Fsp3) is 0.692. The monoisotopic (exact) mass is 245 g/mol. The normalized spacial score (nSPS) is 45.8. The van der Waals surface area contributed by atoms with Crippen LogP contribution < -0.4 is 11.4 Å². The van der Waals surface area contributed by atoms with E-state index in [2.05, 4.69) is 12.2 Å². The molecule has 5 rings (SSSR count). The first kappa shape index (κ1) is 9.42. The van der Waals surface area contributed by atoms with Crippen molar-refractivity contribution in [1.29, 1.82) is 0 Å². The van der Waals surface area contributed by atoms with E-state index in [1.54, 1.807) is 16.4 Å². The van der Waals surface area contributed by atoms with Crippen LogP contribution in [0.4, 0.5) is 0 Å². The van der Waals surface area contributed by atoms with Gasteiger partial charge in [-0.25, -0.2) is 23.5 Å². The van der Waals surface area contributed by atoms with Gasteiger partial charge in [-0.05, 0) is 36.5 Å². The molecular weight excluding hydrogens is 230 g/mol. The number of hydrogen-bond acceptors (Lipinski definition) is 2. The van der Waals surface area contributed by atoms with E-state index in [0.717, 1.165) is 6.42 Å². The van der Waals surface area contributed by atoms with E-state index < -0.39 is 0 Å². The summed E-state index contributed by atoms with van der Waals surface area (Å²) in [4.78, 5) is 24.3. The molecule has 0 radical (unpaired) electrons. The molecule has 18 heavy (non-hydrogen) atoms. The molecule has 5 heteroatoms. The molecule has 6 unspecified atom stereocenters. The predicted octanol–water partition coefficient (Wildman–Crippen LogP) is 0.286. The Morgan fingerprint density at radius 3 is 1.94 bits per heavy atom. The van der Waals surface area contributed by atoms with E-state index >= 15 is 0 Å². The van der Waals surface area contributed by atoms with Gasteiger partial charge in [0.1, 0.15) is 0 Å². The Kier molecular flexibility index (Phi) is 1.35. The zero-order valence-corrected chi connectivity index (χ0v) is 10.2. The Morgan fingerprint density at radius 2 is 1.44 bits per heavy atom. The highest BCUT2D eigenvalue weighted by Crippen LogP contribution is 2.64. The first-order valence-corrected chi connectivity index (χ1v) is 6.77. The maximum absolute atomic E-state index is 12.2. The predicted molar refractivity (Wildman–Crippen MR) is 64.3 cm³/mol. The third-order valence-corrected chi connectivity index (χ3v) is 5.78. The minimum Gasteiger partial charge on any atom is -0.246 e. The van der Waals surface area contributed by atoms with Crippen LogP contribution in [0.25, 0.3) is 0 Å². The molecule has 1 aromatic heterocycles. The van der Waals surface area contributed by atoms with Gasteiger partial charge >= 0.3 is 11.4 Å². The topological polar surface area (TPSA) is 48.9 Å². The van der Waals surface area contributed by atoms with Gasteiger partial charge in [0.15, 0.2) is 0 Å². The molecule has 4 bridgehead atoms. The van der Waals surface area contributed by atoms with Crippen LogP contribution in [0, 0.1) is 23.7 Å². The maximum atomic E-state index is 12.2. The Labute approximate surface area is 103 Å². The zero-order chi connectivity index (χ0) is 12.2. The minimum atomic E-state index is -0.127. The number of nitrogens with zero attached hydrogens (tertiary/aromatic N) is 3. The highest BCUT2D eigenvalue weighted by atomic mass is 16.2. The van der Waals surface area contributed by atoms with Gasteiger partial charge < -0.3 is 0 Å². The standard InChI is InChI=1S/C13H15N3O2/c1-14-12(17)15-8-5-9(16(15)13(14)18)11-7-3-2-6(4-7)10(8)11/h2-3,6-11H,4-5H2,1H3. The summed E-state index contributed by atoms with van der Waals surface area (Å²) in [5, 5.41) is 0. The van der Waals surface area contributed by atoms with Crippen LogP contribution in [0.15, 0.2) is 21.7 Å². The molecule has 0 spiro atoms. The lowest BCUT2D eigenvalue weighted by Gasteiger charge is -2.33. The molecule has 0 amide bonds. The number of rotatable bonds is 0. The van der Waals surface area contributed by atoms with Crippen LogP contribution in [0.5, 0.6) is 0 Å². The molecule has 0 aromatic carbocycles. The molecule has 2 heterocycles. The quantitative estimate of drug-likeness (QED) is 0.487. The van der Waals surface area contributed by atoms with Crippen molar-refractivity contribution in [3.63, 3.8) is 0 Å². The molecule has 1 aliphatic heterocycles. The summed E-state index contributed by atoms with van der Waals surface area (Å²) in [7, 11) is 1.59. The van der Waals surface area contributed by atoms with Crippen molar-refractivity contribution < 1.29 is 0 Å². The fourth-order valence-corrected chi connectivity index (χ4v) is 5.25. The first-order valence-electron chi connectivity index (χ1n) is 6.77. The molecule has 5 nitrogen and oxygen atoms in total. The second-order valence-corrected chi connectivity index (χ2v) is 6.29. The molecule has 0 saturated heterocycles. The number of hydrogen-bond donors (Lipinski definition) is 0. The van der Waals surface area contributed by atoms with E-state index in [4.69, 9.17) is 0 Å². The van der Waals surface area contributed by atoms with Crippen LogP contribution in [-0.4, -0.2) is 13.9 Å². The van der Waals surface area contributed by atoms with E-state index in [1.165, 1.54) is 11.0 Å². The number of aromatic nitrogens is 3. The SMILES string of the molecule is Cn1c(=O)n2n(c1=O)C1CC2C2C3C=CC(C3)C21. The second kappa shape index (κ2) is 2.58. The van der Waals surface area contributed by atoms with E-state index in [0.29, 0.717) is 23.7 Å². The van der Waals surface area contributed by atoms with Crippen LogP contribution >= 0.6 is 0 Å². The molecular formula is C13H15N3O2. The lowest BCUT2D eigenvalue weighted by atomic mass is 9.82. The van der Waals surface area contributed by atoms with Crippen LogP contribution in [0.1, 0.15) is 24.9 Å². The van der Waals surface area contributed by atoms with Crippen molar-refractivity contribution in [3.8, 4) is 0 Å². The van der Waals surface area contributed by atoms with Crippen molar-refractivity contribution in [3.05, 3.63) is 33.1 Å². The third kappa shape index (κ3) is 0.744. The second-order valence-electron chi connectivity index (χ2n) is 6.29. The molecule has 94 valence electrons. The van der Waals surface area contributed by atoms with Gasteiger partial charge in [-0.1, -0.05) is 12.2 Å². The van der Waals surface area contributed by atoms with Crippen LogP contribution in [-0.2, 0) is 7.05 Å². The minimum absolute atomic E-state index is 0.127. The Bertz CT molecular complexity index is 651. The lowest BCUT2D eigenvalue weighted by Crippen LogP contribution is -2.38. The van der Waals surface area contributed by atoms with Crippen LogP contribution in [0.2, 0.25) is 0 Å². The molecule has 4 aliphatic rings. The Morgan fingerprint density at radius 1 is 0.944 bits per heavy atom. The average Bonchev–Trinajstić information content (AvgIpc) is 3.11. The van der Waals surface area contributed by atoms with E-state index in [9.17, 15) is 9.59 Å². The van der Waals surface area contributed by atoms with Gasteiger partial charge in [-0.2, -0.15) is 0 Å². The smallest absolute Gasteiger partial charge is 0.246 e. The van der Waals surface area contributed by atoms with Crippen LogP contribution in [0.3, 0.4) is 0 Å². The molecule has 0 N–H and O–H groups in total. The number of allylic oxidation sites excluding steroid dienone is 2. The average molecular weight is 245 g/mol. The van der Waals surface area contributed by atoms with Crippen molar-refractivity contribution in [2.75, 3.05) is 0 Å². The summed E-state index contributed by atoms with van der Waals surface area (Å²) in [6.45, 7) is 0. The Balaban J connectivity index is 1.80. The molecule has 3 aliphatic carbocycles. The van der Waals surface area contributed by atoms with Crippen molar-refractivity contribution in [2.45, 2.75) is 24.9 Å². The first-order chi connectivity index (χ1) is 8.68. The summed E-state index contributed by atoms with van der Waals surface area (Å²) < 4.78 is 4.76. The van der Waals surface area contributed by atoms with E-state index in [1.807, 2.05) is 0 Å². The molecule has 2 fully saturated rings. The molecule has 1 aromatic rings. The highest BCUT2D eigenvalue weighted by Gasteiger charge is 2.61. The summed E-state index contributed by atoms with van der Waals surface area (Å²) >= 11 is 0. The van der Waals surface area contributed by atoms with Gasteiger partial charge in [0.05, 0.1) is 12.1 Å². The fourth-order valence-electron chi connectivity index (χ4n) is 5.25. The molecule has 2 saturated carbocycles. The van der Waals surface area contributed by atoms with Gasteiger partial charge in [0.25, 0.3) is 0 Å². The largest absolute Gasteiger partial charge is 0.347 e. The Hall–Kier alpha value is -1.52. The van der Waals surface area contributed by atoms with Crippen molar-refractivity contribution in [1.82, 2.24) is 13.9 Å². The van der Waals surface area contributed by atoms with Gasteiger partial charge in [0, 0.05) is 7.05 Å². The summed E-state index contributed by atoms with van der Waals surface area (Å²) in [6.07, 6.45) is 6.91. The number of fused-ring (bicyclic) bond motifs is 12. The highest BCUT2D eigenvalue weighted by molar-refractivity contribution is 5.21. The third-order valence-electron chi connectivity index (χ3n) is 5.78. The van der Waals surface area contributed by atoms with Gasteiger partial charge in [-0.3, -0.25) is 0 Å². The summed E-state index contributed by atoms with van der Waals surface area (Å²) in [5.74, 6) is 2.49.